The zero-order valence-corrected chi connectivity index (χ0v) is 9.85. The lowest BCUT2D eigenvalue weighted by Gasteiger charge is -2.25. The zero-order chi connectivity index (χ0) is 12.3. The van der Waals surface area contributed by atoms with Gasteiger partial charge in [0.25, 0.3) is 0 Å². The molecule has 1 amide bonds. The van der Waals surface area contributed by atoms with Crippen molar-refractivity contribution in [2.75, 3.05) is 13.2 Å². The normalized spacial score (nSPS) is 33.3. The molecule has 0 radical (unpaired) electrons. The Kier molecular flexibility index (Phi) is 3.99. The van der Waals surface area contributed by atoms with Gasteiger partial charge in [0.05, 0.1) is 24.5 Å². The monoisotopic (exact) mass is 241 g/mol. The fourth-order valence-electron chi connectivity index (χ4n) is 2.73. The van der Waals surface area contributed by atoms with Gasteiger partial charge in [-0.2, -0.15) is 0 Å². The van der Waals surface area contributed by atoms with Gasteiger partial charge in [-0.25, -0.2) is 0 Å². The Hall–Kier alpha value is -1.10. The molecule has 17 heavy (non-hydrogen) atoms. The third kappa shape index (κ3) is 2.97. The molecule has 2 aliphatic rings. The van der Waals surface area contributed by atoms with E-state index in [1.54, 1.807) is 0 Å². The minimum Gasteiger partial charge on any atom is -0.481 e. The lowest BCUT2D eigenvalue weighted by Crippen LogP contribution is -2.44. The molecule has 1 aliphatic carbocycles. The Balaban J connectivity index is 1.88. The van der Waals surface area contributed by atoms with Crippen molar-refractivity contribution < 1.29 is 19.4 Å². The van der Waals surface area contributed by atoms with E-state index in [2.05, 4.69) is 5.32 Å². The topological polar surface area (TPSA) is 75.6 Å². The van der Waals surface area contributed by atoms with E-state index in [1.807, 2.05) is 0 Å². The smallest absolute Gasteiger partial charge is 0.307 e. The predicted molar refractivity (Wildman–Crippen MR) is 60.5 cm³/mol. The summed E-state index contributed by atoms with van der Waals surface area (Å²) in [6.45, 7) is 1.31. The van der Waals surface area contributed by atoms with E-state index >= 15 is 0 Å². The molecular formula is C12H19NO4. The number of hydrogen-bond donors (Lipinski definition) is 2. The highest BCUT2D eigenvalue weighted by atomic mass is 16.5. The van der Waals surface area contributed by atoms with Gasteiger partial charge in [0.2, 0.25) is 5.91 Å². The molecule has 5 heteroatoms. The number of carbonyl (C=O) groups is 2. The van der Waals surface area contributed by atoms with Crippen LogP contribution in [0.3, 0.4) is 0 Å². The van der Waals surface area contributed by atoms with Gasteiger partial charge in [-0.05, 0) is 25.7 Å². The number of carboxylic acids is 1. The summed E-state index contributed by atoms with van der Waals surface area (Å²) in [7, 11) is 0. The number of nitrogens with one attached hydrogen (secondary N) is 1. The van der Waals surface area contributed by atoms with E-state index in [-0.39, 0.29) is 17.9 Å². The molecule has 3 atom stereocenters. The fraction of sp³-hybridized carbons (Fsp3) is 0.833. The molecule has 0 aromatic rings. The molecule has 96 valence electrons. The van der Waals surface area contributed by atoms with E-state index in [0.29, 0.717) is 19.4 Å². The Labute approximate surface area is 101 Å². The Morgan fingerprint density at radius 2 is 1.88 bits per heavy atom. The highest BCUT2D eigenvalue weighted by molar-refractivity contribution is 5.85. The van der Waals surface area contributed by atoms with Crippen LogP contribution in [-0.4, -0.2) is 36.2 Å². The van der Waals surface area contributed by atoms with E-state index in [9.17, 15) is 9.59 Å². The van der Waals surface area contributed by atoms with Gasteiger partial charge in [0.1, 0.15) is 0 Å². The molecule has 1 saturated carbocycles. The average molecular weight is 241 g/mol. The number of rotatable bonds is 3. The summed E-state index contributed by atoms with van der Waals surface area (Å²) in [5.74, 6) is -1.80. The van der Waals surface area contributed by atoms with Crippen molar-refractivity contribution in [3.63, 3.8) is 0 Å². The molecule has 2 rings (SSSR count). The van der Waals surface area contributed by atoms with Crippen molar-refractivity contribution in [2.45, 2.75) is 38.1 Å². The first-order chi connectivity index (χ1) is 8.18. The summed E-state index contributed by atoms with van der Waals surface area (Å²) in [4.78, 5) is 23.0. The van der Waals surface area contributed by atoms with Gasteiger partial charge in [0, 0.05) is 6.61 Å². The highest BCUT2D eigenvalue weighted by Gasteiger charge is 2.38. The van der Waals surface area contributed by atoms with E-state index in [1.165, 1.54) is 0 Å². The SMILES string of the molecule is O=C(O)[C@H]1CCC[C@H]1C(=O)NC1CCCOC1. The van der Waals surface area contributed by atoms with Crippen LogP contribution in [0, 0.1) is 11.8 Å². The summed E-state index contributed by atoms with van der Waals surface area (Å²) in [6.07, 6.45) is 4.02. The lowest BCUT2D eigenvalue weighted by molar-refractivity contribution is -0.146. The molecule has 1 aliphatic heterocycles. The maximum Gasteiger partial charge on any atom is 0.307 e. The molecule has 2 fully saturated rings. The van der Waals surface area contributed by atoms with Crippen molar-refractivity contribution in [1.29, 1.82) is 0 Å². The molecule has 0 bridgehead atoms. The van der Waals surface area contributed by atoms with Crippen LogP contribution in [0.1, 0.15) is 32.1 Å². The van der Waals surface area contributed by atoms with E-state index in [4.69, 9.17) is 9.84 Å². The van der Waals surface area contributed by atoms with Gasteiger partial charge >= 0.3 is 5.97 Å². The number of carbonyl (C=O) groups excluding carboxylic acids is 1. The molecule has 5 nitrogen and oxygen atoms in total. The van der Waals surface area contributed by atoms with Gasteiger partial charge in [-0.1, -0.05) is 6.42 Å². The van der Waals surface area contributed by atoms with Crippen LogP contribution >= 0.6 is 0 Å². The van der Waals surface area contributed by atoms with Crippen LogP contribution < -0.4 is 5.32 Å². The molecule has 1 heterocycles. The standard InChI is InChI=1S/C12H19NO4/c14-11(13-8-3-2-6-17-7-8)9-4-1-5-10(9)12(15)16/h8-10H,1-7H2,(H,13,14)(H,15,16)/t8?,9-,10+/m1/s1. The first kappa shape index (κ1) is 12.4. The van der Waals surface area contributed by atoms with Crippen LogP contribution in [0.5, 0.6) is 0 Å². The number of carboxylic acid groups (broad SMARTS) is 1. The molecule has 2 N–H and O–H groups in total. The minimum atomic E-state index is -0.845. The minimum absolute atomic E-state index is 0.0614. The maximum absolute atomic E-state index is 12.0. The zero-order valence-electron chi connectivity index (χ0n) is 9.85. The maximum atomic E-state index is 12.0. The fourth-order valence-corrected chi connectivity index (χ4v) is 2.73. The second-order valence-electron chi connectivity index (χ2n) is 4.90. The summed E-state index contributed by atoms with van der Waals surface area (Å²) in [5, 5.41) is 12.0. The number of ether oxygens (including phenoxy) is 1. The summed E-state index contributed by atoms with van der Waals surface area (Å²) in [6, 6.07) is 0.0614. The molecule has 0 aromatic heterocycles. The third-order valence-electron chi connectivity index (χ3n) is 3.68. The van der Waals surface area contributed by atoms with Crippen molar-refractivity contribution in [3.8, 4) is 0 Å². The van der Waals surface area contributed by atoms with Gasteiger partial charge in [0.15, 0.2) is 0 Å². The van der Waals surface area contributed by atoms with Crippen molar-refractivity contribution in [2.24, 2.45) is 11.8 Å². The molecular weight excluding hydrogens is 222 g/mol. The molecule has 1 saturated heterocycles. The Morgan fingerprint density at radius 1 is 1.12 bits per heavy atom. The van der Waals surface area contributed by atoms with Crippen LogP contribution in [0.25, 0.3) is 0 Å². The van der Waals surface area contributed by atoms with Crippen molar-refractivity contribution >= 4 is 11.9 Å². The summed E-state index contributed by atoms with van der Waals surface area (Å²) < 4.78 is 5.29. The largest absolute Gasteiger partial charge is 0.481 e. The molecule has 1 unspecified atom stereocenters. The van der Waals surface area contributed by atoms with Crippen LogP contribution in [0.4, 0.5) is 0 Å². The van der Waals surface area contributed by atoms with Crippen molar-refractivity contribution in [3.05, 3.63) is 0 Å². The van der Waals surface area contributed by atoms with Crippen molar-refractivity contribution in [1.82, 2.24) is 5.32 Å². The first-order valence-corrected chi connectivity index (χ1v) is 6.29. The number of amides is 1. The van der Waals surface area contributed by atoms with Crippen LogP contribution in [0.2, 0.25) is 0 Å². The highest BCUT2D eigenvalue weighted by Crippen LogP contribution is 2.32. The number of aliphatic carboxylic acids is 1. The van der Waals surface area contributed by atoms with E-state index in [0.717, 1.165) is 25.9 Å². The van der Waals surface area contributed by atoms with Gasteiger partial charge < -0.3 is 15.2 Å². The summed E-state index contributed by atoms with van der Waals surface area (Å²) in [5.41, 5.74) is 0. The van der Waals surface area contributed by atoms with Gasteiger partial charge in [-0.15, -0.1) is 0 Å². The van der Waals surface area contributed by atoms with E-state index < -0.39 is 11.9 Å². The molecule has 0 spiro atoms. The Morgan fingerprint density at radius 3 is 2.53 bits per heavy atom. The lowest BCUT2D eigenvalue weighted by atomic mass is 9.95. The second-order valence-corrected chi connectivity index (χ2v) is 4.90. The quantitative estimate of drug-likeness (QED) is 0.765. The van der Waals surface area contributed by atoms with Crippen LogP contribution in [0.15, 0.2) is 0 Å². The average Bonchev–Trinajstić information content (AvgIpc) is 2.79. The third-order valence-corrected chi connectivity index (χ3v) is 3.68. The molecule has 0 aromatic carbocycles. The predicted octanol–water partition coefficient (Wildman–Crippen LogP) is 0.782. The Bertz CT molecular complexity index is 299. The second kappa shape index (κ2) is 5.49. The van der Waals surface area contributed by atoms with Crippen LogP contribution in [-0.2, 0) is 14.3 Å². The first-order valence-electron chi connectivity index (χ1n) is 6.29. The number of hydrogen-bond acceptors (Lipinski definition) is 3. The summed E-state index contributed by atoms with van der Waals surface area (Å²) >= 11 is 0. The van der Waals surface area contributed by atoms with Gasteiger partial charge in [-0.3, -0.25) is 9.59 Å².